The average Bonchev–Trinajstić information content (AvgIpc) is 3.29. The number of carbonyl (C=O) groups is 1. The molecule has 3 heterocycles. The Morgan fingerprint density at radius 2 is 2.03 bits per heavy atom. The van der Waals surface area contributed by atoms with Crippen LogP contribution in [0.5, 0.6) is 0 Å². The SMILES string of the molecule is O=C(NCC1CCCCC1)c1cc([C@@H]2CCCN(S(=O)(=O)c3cccnc3)C2)no1. The van der Waals surface area contributed by atoms with E-state index in [1.54, 1.807) is 24.4 Å². The first kappa shape index (κ1) is 21.0. The number of aromatic nitrogens is 2. The number of hydrogen-bond acceptors (Lipinski definition) is 6. The summed E-state index contributed by atoms with van der Waals surface area (Å²) in [6, 6.07) is 4.82. The van der Waals surface area contributed by atoms with Crippen LogP contribution in [0.15, 0.2) is 40.0 Å². The van der Waals surface area contributed by atoms with Crippen molar-refractivity contribution >= 4 is 15.9 Å². The minimum atomic E-state index is -3.60. The van der Waals surface area contributed by atoms with Crippen molar-refractivity contribution in [1.82, 2.24) is 19.8 Å². The van der Waals surface area contributed by atoms with Crippen LogP contribution in [-0.4, -0.2) is 48.4 Å². The fourth-order valence-corrected chi connectivity index (χ4v) is 5.84. The molecule has 0 spiro atoms. The zero-order chi connectivity index (χ0) is 21.0. The van der Waals surface area contributed by atoms with Crippen molar-refractivity contribution in [1.29, 1.82) is 0 Å². The minimum Gasteiger partial charge on any atom is -0.351 e. The van der Waals surface area contributed by atoms with Crippen molar-refractivity contribution in [2.45, 2.75) is 55.8 Å². The molecule has 30 heavy (non-hydrogen) atoms. The minimum absolute atomic E-state index is 0.103. The number of nitrogens with zero attached hydrogens (tertiary/aromatic N) is 3. The summed E-state index contributed by atoms with van der Waals surface area (Å²) in [6.45, 7) is 1.43. The molecule has 1 saturated carbocycles. The lowest BCUT2D eigenvalue weighted by atomic mass is 9.89. The lowest BCUT2D eigenvalue weighted by molar-refractivity contribution is 0.0906. The molecule has 2 fully saturated rings. The molecular formula is C21H28N4O4S. The number of amides is 1. The highest BCUT2D eigenvalue weighted by molar-refractivity contribution is 7.89. The second kappa shape index (κ2) is 9.26. The Balaban J connectivity index is 1.38. The van der Waals surface area contributed by atoms with E-state index >= 15 is 0 Å². The maximum Gasteiger partial charge on any atom is 0.289 e. The Labute approximate surface area is 177 Å². The molecule has 0 aromatic carbocycles. The predicted octanol–water partition coefficient (Wildman–Crippen LogP) is 2.95. The van der Waals surface area contributed by atoms with Gasteiger partial charge in [-0.3, -0.25) is 9.78 Å². The summed E-state index contributed by atoms with van der Waals surface area (Å²) >= 11 is 0. The van der Waals surface area contributed by atoms with E-state index in [1.165, 1.54) is 29.8 Å². The Bertz CT molecular complexity index is 954. The van der Waals surface area contributed by atoms with E-state index in [4.69, 9.17) is 4.52 Å². The number of sulfonamides is 1. The number of piperidine rings is 1. The molecule has 0 radical (unpaired) electrons. The van der Waals surface area contributed by atoms with E-state index in [0.29, 0.717) is 31.2 Å². The van der Waals surface area contributed by atoms with Crippen molar-refractivity contribution in [2.75, 3.05) is 19.6 Å². The summed E-state index contributed by atoms with van der Waals surface area (Å²) in [5.74, 6) is 0.367. The highest BCUT2D eigenvalue weighted by Crippen LogP contribution is 2.30. The topological polar surface area (TPSA) is 105 Å². The monoisotopic (exact) mass is 432 g/mol. The van der Waals surface area contributed by atoms with Crippen LogP contribution in [0.4, 0.5) is 0 Å². The van der Waals surface area contributed by atoms with E-state index in [9.17, 15) is 13.2 Å². The van der Waals surface area contributed by atoms with Gasteiger partial charge in [-0.25, -0.2) is 8.42 Å². The van der Waals surface area contributed by atoms with Crippen LogP contribution in [0.2, 0.25) is 0 Å². The molecule has 4 rings (SSSR count). The van der Waals surface area contributed by atoms with Gasteiger partial charge in [-0.15, -0.1) is 0 Å². The third kappa shape index (κ3) is 4.73. The Morgan fingerprint density at radius 1 is 1.20 bits per heavy atom. The number of hydrogen-bond donors (Lipinski definition) is 1. The zero-order valence-corrected chi connectivity index (χ0v) is 17.8. The quantitative estimate of drug-likeness (QED) is 0.752. The zero-order valence-electron chi connectivity index (χ0n) is 17.0. The van der Waals surface area contributed by atoms with Gasteiger partial charge in [0, 0.05) is 44.0 Å². The van der Waals surface area contributed by atoms with Crippen LogP contribution < -0.4 is 5.32 Å². The highest BCUT2D eigenvalue weighted by atomic mass is 32.2. The Morgan fingerprint density at radius 3 is 2.80 bits per heavy atom. The van der Waals surface area contributed by atoms with E-state index in [2.05, 4.69) is 15.5 Å². The molecule has 2 aliphatic rings. The molecule has 1 saturated heterocycles. The van der Waals surface area contributed by atoms with Gasteiger partial charge in [0.2, 0.25) is 15.8 Å². The first-order valence-electron chi connectivity index (χ1n) is 10.7. The van der Waals surface area contributed by atoms with E-state index in [1.807, 2.05) is 0 Å². The normalized spacial score (nSPS) is 21.4. The molecule has 1 atom stereocenters. The smallest absolute Gasteiger partial charge is 0.289 e. The molecule has 1 N–H and O–H groups in total. The first-order valence-corrected chi connectivity index (χ1v) is 12.1. The first-order chi connectivity index (χ1) is 14.5. The largest absolute Gasteiger partial charge is 0.351 e. The van der Waals surface area contributed by atoms with Crippen molar-refractivity contribution < 1.29 is 17.7 Å². The van der Waals surface area contributed by atoms with Crippen molar-refractivity contribution in [2.24, 2.45) is 5.92 Å². The molecule has 9 heteroatoms. The van der Waals surface area contributed by atoms with Gasteiger partial charge in [0.15, 0.2) is 0 Å². The summed E-state index contributed by atoms with van der Waals surface area (Å²) in [7, 11) is -3.60. The maximum atomic E-state index is 12.9. The lowest BCUT2D eigenvalue weighted by Gasteiger charge is -2.30. The molecule has 0 unspecified atom stereocenters. The molecule has 2 aromatic heterocycles. The molecule has 1 aliphatic heterocycles. The molecule has 1 aliphatic carbocycles. The maximum absolute atomic E-state index is 12.9. The van der Waals surface area contributed by atoms with Crippen LogP contribution in [0.25, 0.3) is 0 Å². The molecule has 8 nitrogen and oxygen atoms in total. The summed E-state index contributed by atoms with van der Waals surface area (Å²) < 4.78 is 32.5. The molecule has 1 amide bonds. The van der Waals surface area contributed by atoms with Gasteiger partial charge in [0.05, 0.1) is 5.69 Å². The Hall–Kier alpha value is -2.26. The summed E-state index contributed by atoms with van der Waals surface area (Å²) in [6.07, 6.45) is 10.5. The highest BCUT2D eigenvalue weighted by Gasteiger charge is 2.32. The van der Waals surface area contributed by atoms with Crippen LogP contribution in [-0.2, 0) is 10.0 Å². The fraction of sp³-hybridized carbons (Fsp3) is 0.571. The van der Waals surface area contributed by atoms with Gasteiger partial charge >= 0.3 is 0 Å². The molecular weight excluding hydrogens is 404 g/mol. The number of carbonyl (C=O) groups excluding carboxylic acids is 1. The van der Waals surface area contributed by atoms with E-state index in [0.717, 1.165) is 25.7 Å². The van der Waals surface area contributed by atoms with Crippen molar-refractivity contribution in [3.63, 3.8) is 0 Å². The third-order valence-electron chi connectivity index (χ3n) is 6.10. The molecule has 0 bridgehead atoms. The molecule has 2 aromatic rings. The van der Waals surface area contributed by atoms with Gasteiger partial charge < -0.3 is 9.84 Å². The van der Waals surface area contributed by atoms with Gasteiger partial charge in [0.25, 0.3) is 5.91 Å². The summed E-state index contributed by atoms with van der Waals surface area (Å²) in [5, 5.41) is 7.03. The number of rotatable bonds is 6. The number of pyridine rings is 1. The average molecular weight is 433 g/mol. The Kier molecular flexibility index (Phi) is 6.48. The molecule has 162 valence electrons. The van der Waals surface area contributed by atoms with E-state index < -0.39 is 10.0 Å². The van der Waals surface area contributed by atoms with Crippen LogP contribution >= 0.6 is 0 Å². The van der Waals surface area contributed by atoms with Gasteiger partial charge in [0.1, 0.15) is 4.90 Å². The summed E-state index contributed by atoms with van der Waals surface area (Å²) in [5.41, 5.74) is 0.629. The number of nitrogens with one attached hydrogen (secondary N) is 1. The standard InChI is InChI=1S/C21H28N4O4S/c26-21(23-13-16-6-2-1-3-7-16)20-12-19(24-29-20)17-8-5-11-25(15-17)30(27,28)18-9-4-10-22-14-18/h4,9-10,12,14,16-17H,1-3,5-8,11,13,15H2,(H,23,26)/t17-/m1/s1. The van der Waals surface area contributed by atoms with Gasteiger partial charge in [-0.05, 0) is 43.7 Å². The fourth-order valence-electron chi connectivity index (χ4n) is 4.35. The summed E-state index contributed by atoms with van der Waals surface area (Å²) in [4.78, 5) is 16.5. The van der Waals surface area contributed by atoms with Crippen molar-refractivity contribution in [3.8, 4) is 0 Å². The van der Waals surface area contributed by atoms with E-state index in [-0.39, 0.29) is 22.5 Å². The second-order valence-corrected chi connectivity index (χ2v) is 10.2. The van der Waals surface area contributed by atoms with Crippen molar-refractivity contribution in [3.05, 3.63) is 42.0 Å². The lowest BCUT2D eigenvalue weighted by Crippen LogP contribution is -2.39. The van der Waals surface area contributed by atoms with Crippen LogP contribution in [0.3, 0.4) is 0 Å². The predicted molar refractivity (Wildman–Crippen MR) is 110 cm³/mol. The van der Waals surface area contributed by atoms with Crippen LogP contribution in [0.1, 0.15) is 67.1 Å². The van der Waals surface area contributed by atoms with Crippen LogP contribution in [0, 0.1) is 5.92 Å². The second-order valence-electron chi connectivity index (χ2n) is 8.22. The van der Waals surface area contributed by atoms with Gasteiger partial charge in [-0.2, -0.15) is 4.31 Å². The third-order valence-corrected chi connectivity index (χ3v) is 7.95. The van der Waals surface area contributed by atoms with Gasteiger partial charge in [-0.1, -0.05) is 24.4 Å².